The number of furan rings is 1. The van der Waals surface area contributed by atoms with Gasteiger partial charge in [-0.15, -0.1) is 0 Å². The van der Waals surface area contributed by atoms with Gasteiger partial charge in [0.1, 0.15) is 11.5 Å². The Hall–Kier alpha value is -2.47. The zero-order chi connectivity index (χ0) is 24.4. The van der Waals surface area contributed by atoms with Crippen molar-refractivity contribution < 1.29 is 9.21 Å². The molecule has 2 aliphatic rings. The lowest BCUT2D eigenvalue weighted by atomic mass is 9.94. The summed E-state index contributed by atoms with van der Waals surface area (Å²) >= 11 is 13.6. The number of benzene rings is 2. The molecule has 0 bridgehead atoms. The summed E-state index contributed by atoms with van der Waals surface area (Å²) in [5, 5.41) is 1.72. The van der Waals surface area contributed by atoms with Crippen LogP contribution in [0.25, 0.3) is 17.4 Å². The van der Waals surface area contributed by atoms with Crippen LogP contribution in [0.4, 0.5) is 5.69 Å². The minimum atomic E-state index is 0.00196. The Morgan fingerprint density at radius 1 is 1.06 bits per heavy atom. The molecular weight excluding hydrogens is 499 g/mol. The number of hydrogen-bond acceptors (Lipinski definition) is 4. The summed E-state index contributed by atoms with van der Waals surface area (Å²) in [6, 6.07) is 17.4. The van der Waals surface area contributed by atoms with Crippen LogP contribution in [-0.2, 0) is 11.2 Å². The number of hydrogen-bond donors (Lipinski definition) is 0. The highest BCUT2D eigenvalue weighted by Crippen LogP contribution is 2.39. The van der Waals surface area contributed by atoms with Gasteiger partial charge in [0.05, 0.1) is 20.6 Å². The minimum Gasteiger partial charge on any atom is -0.457 e. The number of aryl methyl sites for hydroxylation is 1. The predicted octanol–water partition coefficient (Wildman–Crippen LogP) is 8.75. The van der Waals surface area contributed by atoms with Crippen LogP contribution in [0, 0.1) is 0 Å². The summed E-state index contributed by atoms with van der Waals surface area (Å²) in [6.45, 7) is 2.12. The monoisotopic (exact) mass is 524 g/mol. The van der Waals surface area contributed by atoms with E-state index in [0.717, 1.165) is 48.5 Å². The molecule has 0 unspecified atom stereocenters. The molecule has 35 heavy (non-hydrogen) atoms. The fourth-order valence-electron chi connectivity index (χ4n) is 4.61. The third-order valence-corrected chi connectivity index (χ3v) is 8.19. The Kier molecular flexibility index (Phi) is 7.37. The van der Waals surface area contributed by atoms with Crippen molar-refractivity contribution in [2.24, 2.45) is 4.99 Å². The van der Waals surface area contributed by atoms with Crippen molar-refractivity contribution in [3.63, 3.8) is 0 Å². The lowest BCUT2D eigenvalue weighted by molar-refractivity contribution is -0.124. The van der Waals surface area contributed by atoms with Crippen LogP contribution in [-0.4, -0.2) is 22.0 Å². The van der Waals surface area contributed by atoms with Crippen molar-refractivity contribution in [2.45, 2.75) is 51.5 Å². The molecule has 3 aromatic rings. The number of amidine groups is 1. The van der Waals surface area contributed by atoms with Crippen LogP contribution in [0.2, 0.25) is 10.0 Å². The van der Waals surface area contributed by atoms with Gasteiger partial charge >= 0.3 is 0 Å². The maximum atomic E-state index is 13.6. The summed E-state index contributed by atoms with van der Waals surface area (Å²) in [4.78, 5) is 21.1. The van der Waals surface area contributed by atoms with E-state index in [2.05, 4.69) is 13.0 Å². The van der Waals surface area contributed by atoms with Crippen molar-refractivity contribution >= 4 is 57.8 Å². The average Bonchev–Trinajstić information content (AvgIpc) is 3.46. The fraction of sp³-hybridized carbons (Fsp3) is 0.286. The summed E-state index contributed by atoms with van der Waals surface area (Å²) in [5.74, 6) is 1.28. The van der Waals surface area contributed by atoms with E-state index in [4.69, 9.17) is 32.6 Å². The molecule has 1 saturated carbocycles. The van der Waals surface area contributed by atoms with Gasteiger partial charge in [0, 0.05) is 17.7 Å². The molecule has 0 atom stereocenters. The first-order valence-electron chi connectivity index (χ1n) is 12.0. The summed E-state index contributed by atoms with van der Waals surface area (Å²) in [6.07, 6.45) is 8.24. The van der Waals surface area contributed by atoms with E-state index in [9.17, 15) is 4.79 Å². The highest BCUT2D eigenvalue weighted by Gasteiger charge is 2.39. The molecule has 1 aromatic heterocycles. The number of carbonyl (C=O) groups is 1. The van der Waals surface area contributed by atoms with Gasteiger partial charge in [0.15, 0.2) is 5.17 Å². The second-order valence-corrected chi connectivity index (χ2v) is 10.6. The number of para-hydroxylation sites is 1. The number of halogens is 2. The predicted molar refractivity (Wildman–Crippen MR) is 146 cm³/mol. The van der Waals surface area contributed by atoms with Crippen LogP contribution in [0.5, 0.6) is 0 Å². The second kappa shape index (κ2) is 10.7. The molecule has 0 spiro atoms. The SMILES string of the molecule is CCc1ccccc1N=C1S/C(=C/c2ccc(-c3ccc(Cl)c(Cl)c3)o2)C(=O)N1C1CCCCC1. The van der Waals surface area contributed by atoms with Crippen LogP contribution >= 0.6 is 35.0 Å². The Balaban J connectivity index is 1.48. The highest BCUT2D eigenvalue weighted by molar-refractivity contribution is 8.18. The number of nitrogens with zero attached hydrogens (tertiary/aromatic N) is 2. The molecule has 7 heteroatoms. The van der Waals surface area contributed by atoms with Crippen molar-refractivity contribution in [1.29, 1.82) is 0 Å². The van der Waals surface area contributed by atoms with Crippen molar-refractivity contribution in [3.05, 3.63) is 80.9 Å². The largest absolute Gasteiger partial charge is 0.457 e. The standard InChI is InChI=1S/C28H26Cl2N2O2S/c1-2-18-8-6-7-11-24(18)31-28-32(20-9-4-3-5-10-20)27(33)26(35-28)17-21-13-15-25(34-21)19-12-14-22(29)23(30)16-19/h6-8,11-17,20H,2-5,9-10H2,1H3/b26-17+,31-28?. The molecule has 5 rings (SSSR count). The van der Waals surface area contributed by atoms with Gasteiger partial charge in [-0.25, -0.2) is 4.99 Å². The molecule has 1 saturated heterocycles. The molecule has 2 heterocycles. The van der Waals surface area contributed by atoms with Crippen molar-refractivity contribution in [2.75, 3.05) is 0 Å². The molecule has 2 fully saturated rings. The van der Waals surface area contributed by atoms with Gasteiger partial charge in [-0.05, 0) is 73.0 Å². The molecule has 1 aliphatic heterocycles. The minimum absolute atomic E-state index is 0.00196. The molecule has 180 valence electrons. The first-order chi connectivity index (χ1) is 17.0. The van der Waals surface area contributed by atoms with Gasteiger partial charge in [-0.2, -0.15) is 0 Å². The van der Waals surface area contributed by atoms with E-state index in [1.54, 1.807) is 12.1 Å². The van der Waals surface area contributed by atoms with Gasteiger partial charge in [-0.3, -0.25) is 9.69 Å². The number of amides is 1. The van der Waals surface area contributed by atoms with E-state index in [0.29, 0.717) is 26.5 Å². The Morgan fingerprint density at radius 3 is 2.63 bits per heavy atom. The summed E-state index contributed by atoms with van der Waals surface area (Å²) in [5.41, 5.74) is 2.93. The molecule has 0 radical (unpaired) electrons. The average molecular weight is 526 g/mol. The molecule has 4 nitrogen and oxygen atoms in total. The Morgan fingerprint density at radius 2 is 1.86 bits per heavy atom. The molecule has 1 aliphatic carbocycles. The first-order valence-corrected chi connectivity index (χ1v) is 13.6. The van der Waals surface area contributed by atoms with Crippen LogP contribution in [0.3, 0.4) is 0 Å². The smallest absolute Gasteiger partial charge is 0.267 e. The topological polar surface area (TPSA) is 45.8 Å². The highest BCUT2D eigenvalue weighted by atomic mass is 35.5. The normalized spacial score (nSPS) is 19.3. The molecular formula is C28H26Cl2N2O2S. The van der Waals surface area contributed by atoms with Gasteiger partial charge in [0.2, 0.25) is 0 Å². The third kappa shape index (κ3) is 5.23. The second-order valence-electron chi connectivity index (χ2n) is 8.79. The lowest BCUT2D eigenvalue weighted by Gasteiger charge is -2.30. The fourth-order valence-corrected chi connectivity index (χ4v) is 5.94. The van der Waals surface area contributed by atoms with Crippen LogP contribution in [0.15, 0.2) is 68.9 Å². The van der Waals surface area contributed by atoms with Crippen molar-refractivity contribution in [1.82, 2.24) is 4.90 Å². The van der Waals surface area contributed by atoms with Crippen LogP contribution < -0.4 is 0 Å². The van der Waals surface area contributed by atoms with Crippen molar-refractivity contribution in [3.8, 4) is 11.3 Å². The number of aliphatic imine (C=N–C) groups is 1. The maximum absolute atomic E-state index is 13.6. The van der Waals surface area contributed by atoms with E-state index in [1.165, 1.54) is 23.7 Å². The van der Waals surface area contributed by atoms with E-state index in [1.807, 2.05) is 47.4 Å². The lowest BCUT2D eigenvalue weighted by Crippen LogP contribution is -2.40. The molecule has 2 aromatic carbocycles. The summed E-state index contributed by atoms with van der Waals surface area (Å²) in [7, 11) is 0. The quantitative estimate of drug-likeness (QED) is 0.313. The van der Waals surface area contributed by atoms with E-state index < -0.39 is 0 Å². The number of carbonyl (C=O) groups excluding carboxylic acids is 1. The third-order valence-electron chi connectivity index (χ3n) is 6.47. The van der Waals surface area contributed by atoms with Crippen LogP contribution in [0.1, 0.15) is 50.4 Å². The van der Waals surface area contributed by atoms with Gasteiger partial charge < -0.3 is 4.42 Å². The summed E-state index contributed by atoms with van der Waals surface area (Å²) < 4.78 is 6.04. The number of thioether (sulfide) groups is 1. The van der Waals surface area contributed by atoms with Gasteiger partial charge in [-0.1, -0.05) is 67.6 Å². The first kappa shape index (κ1) is 24.2. The number of rotatable bonds is 5. The van der Waals surface area contributed by atoms with E-state index >= 15 is 0 Å². The Labute approximate surface area is 220 Å². The Bertz CT molecular complexity index is 1310. The van der Waals surface area contributed by atoms with Gasteiger partial charge in [0.25, 0.3) is 5.91 Å². The maximum Gasteiger partial charge on any atom is 0.267 e. The zero-order valence-corrected chi connectivity index (χ0v) is 21.8. The molecule has 0 N–H and O–H groups in total. The van der Waals surface area contributed by atoms with E-state index in [-0.39, 0.29) is 11.9 Å². The zero-order valence-electron chi connectivity index (χ0n) is 19.5. The molecule has 1 amide bonds.